The van der Waals surface area contributed by atoms with E-state index >= 15 is 0 Å². The Kier molecular flexibility index (Phi) is 2.24. The summed E-state index contributed by atoms with van der Waals surface area (Å²) >= 11 is 1.43. The molecule has 0 spiro atoms. The fourth-order valence-electron chi connectivity index (χ4n) is 0.680. The van der Waals surface area contributed by atoms with Crippen LogP contribution in [0.1, 0.15) is 25.1 Å². The molecule has 0 amide bonds. The molecule has 0 radical (unpaired) electrons. The predicted octanol–water partition coefficient (Wildman–Crippen LogP) is 1.14. The van der Waals surface area contributed by atoms with Crippen LogP contribution in [-0.4, -0.2) is 4.98 Å². The molecule has 4 N–H and O–H groups in total. The smallest absolute Gasteiger partial charge is 0.180 e. The van der Waals surface area contributed by atoms with Crippen LogP contribution in [0.4, 0.5) is 5.13 Å². The van der Waals surface area contributed by atoms with E-state index in [9.17, 15) is 0 Å². The Morgan fingerprint density at radius 1 is 1.80 bits per heavy atom. The van der Waals surface area contributed by atoms with E-state index in [1.165, 1.54) is 11.3 Å². The molecule has 56 valence electrons. The van der Waals surface area contributed by atoms with Crippen molar-refractivity contribution in [3.8, 4) is 0 Å². The van der Waals surface area contributed by atoms with Crippen molar-refractivity contribution in [3.63, 3.8) is 0 Å². The Labute approximate surface area is 64.1 Å². The minimum Gasteiger partial charge on any atom is -0.375 e. The van der Waals surface area contributed by atoms with Crippen LogP contribution in [-0.2, 0) is 0 Å². The van der Waals surface area contributed by atoms with Gasteiger partial charge in [-0.05, 0) is 6.42 Å². The van der Waals surface area contributed by atoms with Crippen LogP contribution >= 0.6 is 11.3 Å². The van der Waals surface area contributed by atoms with Gasteiger partial charge in [0.2, 0.25) is 0 Å². The van der Waals surface area contributed by atoms with Crippen LogP contribution in [0.15, 0.2) is 5.38 Å². The third-order valence-electron chi connectivity index (χ3n) is 1.36. The van der Waals surface area contributed by atoms with Crippen LogP contribution in [0.25, 0.3) is 0 Å². The highest BCUT2D eigenvalue weighted by atomic mass is 32.1. The van der Waals surface area contributed by atoms with Crippen molar-refractivity contribution in [3.05, 3.63) is 11.1 Å². The van der Waals surface area contributed by atoms with Gasteiger partial charge in [-0.25, -0.2) is 4.98 Å². The van der Waals surface area contributed by atoms with E-state index in [1.807, 2.05) is 12.3 Å². The average Bonchev–Trinajstić information content (AvgIpc) is 2.34. The Morgan fingerprint density at radius 3 is 2.90 bits per heavy atom. The zero-order valence-corrected chi connectivity index (χ0v) is 6.69. The molecule has 0 aliphatic carbocycles. The molecule has 0 saturated heterocycles. The van der Waals surface area contributed by atoms with E-state index in [4.69, 9.17) is 11.5 Å². The van der Waals surface area contributed by atoms with Gasteiger partial charge in [0.05, 0.1) is 5.69 Å². The van der Waals surface area contributed by atoms with Gasteiger partial charge >= 0.3 is 0 Å². The Bertz CT molecular complexity index is 209. The van der Waals surface area contributed by atoms with E-state index in [2.05, 4.69) is 4.98 Å². The SMILES string of the molecule is CC[C@@H](N)c1csc(N)n1. The second-order valence-corrected chi connectivity index (χ2v) is 3.02. The summed E-state index contributed by atoms with van der Waals surface area (Å²) in [4.78, 5) is 4.05. The van der Waals surface area contributed by atoms with Gasteiger partial charge in [0.1, 0.15) is 0 Å². The highest BCUT2D eigenvalue weighted by molar-refractivity contribution is 7.13. The fourth-order valence-corrected chi connectivity index (χ4v) is 1.31. The van der Waals surface area contributed by atoms with E-state index in [0.29, 0.717) is 5.13 Å². The zero-order chi connectivity index (χ0) is 7.56. The van der Waals surface area contributed by atoms with Crippen LogP contribution in [0.3, 0.4) is 0 Å². The summed E-state index contributed by atoms with van der Waals surface area (Å²) < 4.78 is 0. The number of thiazole rings is 1. The van der Waals surface area contributed by atoms with E-state index < -0.39 is 0 Å². The van der Waals surface area contributed by atoms with Crippen molar-refractivity contribution in [2.45, 2.75) is 19.4 Å². The van der Waals surface area contributed by atoms with E-state index in [0.717, 1.165) is 12.1 Å². The highest BCUT2D eigenvalue weighted by Gasteiger charge is 2.05. The first kappa shape index (κ1) is 7.50. The molecular weight excluding hydrogens is 146 g/mol. The molecule has 3 nitrogen and oxygen atoms in total. The molecule has 1 rings (SSSR count). The third kappa shape index (κ3) is 1.46. The lowest BCUT2D eigenvalue weighted by Crippen LogP contribution is -2.08. The lowest BCUT2D eigenvalue weighted by molar-refractivity contribution is 0.681. The van der Waals surface area contributed by atoms with Gasteiger partial charge in [-0.2, -0.15) is 0 Å². The van der Waals surface area contributed by atoms with Gasteiger partial charge in [0.15, 0.2) is 5.13 Å². The van der Waals surface area contributed by atoms with Crippen molar-refractivity contribution in [1.82, 2.24) is 4.98 Å². The van der Waals surface area contributed by atoms with Crippen molar-refractivity contribution in [2.24, 2.45) is 5.73 Å². The molecule has 0 bridgehead atoms. The van der Waals surface area contributed by atoms with Gasteiger partial charge in [0, 0.05) is 11.4 Å². The topological polar surface area (TPSA) is 64.9 Å². The van der Waals surface area contributed by atoms with Crippen molar-refractivity contribution in [2.75, 3.05) is 5.73 Å². The molecule has 1 aromatic rings. The Morgan fingerprint density at radius 2 is 2.50 bits per heavy atom. The molecule has 0 aromatic carbocycles. The van der Waals surface area contributed by atoms with Crippen molar-refractivity contribution < 1.29 is 0 Å². The fraction of sp³-hybridized carbons (Fsp3) is 0.500. The number of nitrogens with zero attached hydrogens (tertiary/aromatic N) is 1. The number of nitrogens with two attached hydrogens (primary N) is 2. The first-order valence-corrected chi connectivity index (χ1v) is 4.08. The summed E-state index contributed by atoms with van der Waals surface area (Å²) in [6.07, 6.45) is 0.906. The largest absolute Gasteiger partial charge is 0.375 e. The summed E-state index contributed by atoms with van der Waals surface area (Å²) in [6.45, 7) is 2.03. The number of nitrogen functional groups attached to an aromatic ring is 1. The molecule has 4 heteroatoms. The van der Waals surface area contributed by atoms with Crippen molar-refractivity contribution in [1.29, 1.82) is 0 Å². The summed E-state index contributed by atoms with van der Waals surface area (Å²) in [5.41, 5.74) is 12.0. The highest BCUT2D eigenvalue weighted by Crippen LogP contribution is 2.17. The Balaban J connectivity index is 2.74. The summed E-state index contributed by atoms with van der Waals surface area (Å²) in [5, 5.41) is 2.50. The van der Waals surface area contributed by atoms with Crippen LogP contribution < -0.4 is 11.5 Å². The third-order valence-corrected chi connectivity index (χ3v) is 2.05. The molecule has 0 fully saturated rings. The minimum atomic E-state index is 0.0496. The predicted molar refractivity (Wildman–Crippen MR) is 43.7 cm³/mol. The molecule has 0 saturated carbocycles. The average molecular weight is 157 g/mol. The van der Waals surface area contributed by atoms with Gasteiger partial charge < -0.3 is 11.5 Å². The number of aromatic nitrogens is 1. The quantitative estimate of drug-likeness (QED) is 0.676. The maximum Gasteiger partial charge on any atom is 0.180 e. The van der Waals surface area contributed by atoms with Gasteiger partial charge in [-0.15, -0.1) is 11.3 Å². The van der Waals surface area contributed by atoms with Gasteiger partial charge in [-0.1, -0.05) is 6.92 Å². The Hall–Kier alpha value is -0.610. The number of hydrogen-bond acceptors (Lipinski definition) is 4. The van der Waals surface area contributed by atoms with Gasteiger partial charge in [-0.3, -0.25) is 0 Å². The molecule has 10 heavy (non-hydrogen) atoms. The van der Waals surface area contributed by atoms with E-state index in [-0.39, 0.29) is 6.04 Å². The molecule has 1 heterocycles. The minimum absolute atomic E-state index is 0.0496. The zero-order valence-electron chi connectivity index (χ0n) is 5.87. The second kappa shape index (κ2) is 2.98. The van der Waals surface area contributed by atoms with Crippen LogP contribution in [0.2, 0.25) is 0 Å². The number of hydrogen-bond donors (Lipinski definition) is 2. The number of anilines is 1. The first-order chi connectivity index (χ1) is 4.74. The summed E-state index contributed by atoms with van der Waals surface area (Å²) in [7, 11) is 0. The second-order valence-electron chi connectivity index (χ2n) is 2.13. The van der Waals surface area contributed by atoms with E-state index in [1.54, 1.807) is 0 Å². The number of rotatable bonds is 2. The first-order valence-electron chi connectivity index (χ1n) is 3.20. The molecule has 1 atom stereocenters. The summed E-state index contributed by atoms with van der Waals surface area (Å²) in [6, 6.07) is 0.0496. The molecule has 0 aliphatic rings. The van der Waals surface area contributed by atoms with Gasteiger partial charge in [0.25, 0.3) is 0 Å². The lowest BCUT2D eigenvalue weighted by atomic mass is 10.2. The van der Waals surface area contributed by atoms with Crippen LogP contribution in [0.5, 0.6) is 0 Å². The monoisotopic (exact) mass is 157 g/mol. The molecule has 0 unspecified atom stereocenters. The maximum absolute atomic E-state index is 5.70. The summed E-state index contributed by atoms with van der Waals surface area (Å²) in [5.74, 6) is 0. The van der Waals surface area contributed by atoms with Crippen molar-refractivity contribution >= 4 is 16.5 Å². The van der Waals surface area contributed by atoms with Crippen LogP contribution in [0, 0.1) is 0 Å². The maximum atomic E-state index is 5.70. The molecule has 1 aromatic heterocycles. The molecule has 0 aliphatic heterocycles. The normalized spacial score (nSPS) is 13.4. The lowest BCUT2D eigenvalue weighted by Gasteiger charge is -2.01. The standard InChI is InChI=1S/C6H11N3S/c1-2-4(7)5-3-10-6(8)9-5/h3-4H,2,7H2,1H3,(H2,8,9)/t4-/m1/s1. The molecular formula is C6H11N3S.